The van der Waals surface area contributed by atoms with Crippen LogP contribution in [-0.4, -0.2) is 16.0 Å². The summed E-state index contributed by atoms with van der Waals surface area (Å²) in [6, 6.07) is 0.631. The van der Waals surface area contributed by atoms with Crippen molar-refractivity contribution in [1.29, 1.82) is 0 Å². The van der Waals surface area contributed by atoms with Crippen molar-refractivity contribution in [3.8, 4) is 0 Å². The molecule has 1 N–H and O–H groups in total. The fourth-order valence-corrected chi connectivity index (χ4v) is 1.09. The first kappa shape index (κ1) is 6.58. The lowest BCUT2D eigenvalue weighted by atomic mass is 10.5. The molecule has 1 saturated carbocycles. The summed E-state index contributed by atoms with van der Waals surface area (Å²) in [4.78, 5) is 8.09. The van der Waals surface area contributed by atoms with E-state index < -0.39 is 0 Å². The molecule has 0 aromatic carbocycles. The van der Waals surface area contributed by atoms with Gasteiger partial charge in [-0.15, -0.1) is 0 Å². The molecule has 58 valence electrons. The molecule has 1 heterocycles. The third kappa shape index (κ3) is 1.48. The molecule has 11 heavy (non-hydrogen) atoms. The lowest BCUT2D eigenvalue weighted by Crippen LogP contribution is -2.04. The second kappa shape index (κ2) is 2.49. The van der Waals surface area contributed by atoms with Crippen LogP contribution in [0.2, 0.25) is 0 Å². The first-order chi connectivity index (χ1) is 5.36. The smallest absolute Gasteiger partial charge is 0.144 e. The van der Waals surface area contributed by atoms with Crippen molar-refractivity contribution in [1.82, 2.24) is 9.97 Å². The van der Waals surface area contributed by atoms with Crippen molar-refractivity contribution in [2.45, 2.75) is 19.4 Å². The zero-order valence-corrected chi connectivity index (χ0v) is 6.49. The second-order valence-electron chi connectivity index (χ2n) is 3.05. The maximum Gasteiger partial charge on any atom is 0.144 e. The van der Waals surface area contributed by atoms with E-state index in [9.17, 15) is 0 Å². The van der Waals surface area contributed by atoms with E-state index in [1.54, 1.807) is 18.6 Å². The summed E-state index contributed by atoms with van der Waals surface area (Å²) in [5.41, 5.74) is 0. The van der Waals surface area contributed by atoms with Gasteiger partial charge in [0.25, 0.3) is 0 Å². The SMILES string of the molecule is C[C@@H]1C[C@H]1Nc1cnccn1. The van der Waals surface area contributed by atoms with Crippen LogP contribution in [0.25, 0.3) is 0 Å². The number of nitrogens with zero attached hydrogens (tertiary/aromatic N) is 2. The van der Waals surface area contributed by atoms with Gasteiger partial charge in [-0.3, -0.25) is 4.98 Å². The maximum absolute atomic E-state index is 4.12. The quantitative estimate of drug-likeness (QED) is 0.688. The molecule has 1 aliphatic rings. The van der Waals surface area contributed by atoms with Gasteiger partial charge in [0.1, 0.15) is 5.82 Å². The van der Waals surface area contributed by atoms with Crippen LogP contribution < -0.4 is 5.32 Å². The molecule has 0 unspecified atom stereocenters. The Hall–Kier alpha value is -1.12. The van der Waals surface area contributed by atoms with E-state index in [1.807, 2.05) is 0 Å². The predicted octanol–water partition coefficient (Wildman–Crippen LogP) is 1.30. The minimum atomic E-state index is 0.631. The van der Waals surface area contributed by atoms with Crippen LogP contribution in [0.15, 0.2) is 18.6 Å². The molecular weight excluding hydrogens is 138 g/mol. The summed E-state index contributed by atoms with van der Waals surface area (Å²) in [5.74, 6) is 1.69. The van der Waals surface area contributed by atoms with Crippen LogP contribution in [0.5, 0.6) is 0 Å². The Morgan fingerprint density at radius 2 is 2.36 bits per heavy atom. The first-order valence-corrected chi connectivity index (χ1v) is 3.89. The van der Waals surface area contributed by atoms with E-state index in [1.165, 1.54) is 6.42 Å². The van der Waals surface area contributed by atoms with Crippen LogP contribution in [0.1, 0.15) is 13.3 Å². The van der Waals surface area contributed by atoms with E-state index >= 15 is 0 Å². The van der Waals surface area contributed by atoms with Gasteiger partial charge < -0.3 is 5.32 Å². The molecule has 0 radical (unpaired) electrons. The molecular formula is C8H11N3. The highest BCUT2D eigenvalue weighted by molar-refractivity contribution is 5.33. The molecule has 0 spiro atoms. The van der Waals surface area contributed by atoms with Crippen molar-refractivity contribution >= 4 is 5.82 Å². The summed E-state index contributed by atoms with van der Waals surface area (Å²) in [7, 11) is 0. The van der Waals surface area contributed by atoms with Gasteiger partial charge in [0.2, 0.25) is 0 Å². The Labute approximate surface area is 65.9 Å². The lowest BCUT2D eigenvalue weighted by Gasteiger charge is -2.00. The van der Waals surface area contributed by atoms with Gasteiger partial charge in [0, 0.05) is 18.4 Å². The van der Waals surface area contributed by atoms with Gasteiger partial charge >= 0.3 is 0 Å². The van der Waals surface area contributed by atoms with E-state index in [0.29, 0.717) is 6.04 Å². The zero-order valence-electron chi connectivity index (χ0n) is 6.49. The lowest BCUT2D eigenvalue weighted by molar-refractivity contribution is 0.921. The fourth-order valence-electron chi connectivity index (χ4n) is 1.09. The predicted molar refractivity (Wildman–Crippen MR) is 43.2 cm³/mol. The highest BCUT2D eigenvalue weighted by atomic mass is 15.1. The van der Waals surface area contributed by atoms with Crippen LogP contribution in [0.3, 0.4) is 0 Å². The Balaban J connectivity index is 1.97. The van der Waals surface area contributed by atoms with Gasteiger partial charge in [0.05, 0.1) is 6.20 Å². The molecule has 0 saturated heterocycles. The molecule has 1 aromatic heterocycles. The Morgan fingerprint density at radius 3 is 2.91 bits per heavy atom. The molecule has 1 aromatic rings. The third-order valence-corrected chi connectivity index (χ3v) is 2.01. The molecule has 0 bridgehead atoms. The Kier molecular flexibility index (Phi) is 1.49. The molecule has 1 fully saturated rings. The summed E-state index contributed by atoms with van der Waals surface area (Å²) in [5, 5.41) is 3.29. The van der Waals surface area contributed by atoms with E-state index in [0.717, 1.165) is 11.7 Å². The van der Waals surface area contributed by atoms with E-state index in [4.69, 9.17) is 0 Å². The number of anilines is 1. The summed E-state index contributed by atoms with van der Waals surface area (Å²) < 4.78 is 0. The fraction of sp³-hybridized carbons (Fsp3) is 0.500. The minimum Gasteiger partial charge on any atom is -0.366 e. The maximum atomic E-state index is 4.12. The van der Waals surface area contributed by atoms with Gasteiger partial charge in [-0.2, -0.15) is 0 Å². The van der Waals surface area contributed by atoms with Gasteiger partial charge in [-0.05, 0) is 12.3 Å². The van der Waals surface area contributed by atoms with Crippen molar-refractivity contribution < 1.29 is 0 Å². The largest absolute Gasteiger partial charge is 0.366 e. The molecule has 1 aliphatic carbocycles. The van der Waals surface area contributed by atoms with Gasteiger partial charge in [-0.1, -0.05) is 6.92 Å². The number of nitrogens with one attached hydrogen (secondary N) is 1. The van der Waals surface area contributed by atoms with Gasteiger partial charge in [0.15, 0.2) is 0 Å². The van der Waals surface area contributed by atoms with Crippen molar-refractivity contribution in [3.05, 3.63) is 18.6 Å². The number of hydrogen-bond acceptors (Lipinski definition) is 3. The Morgan fingerprint density at radius 1 is 1.55 bits per heavy atom. The van der Waals surface area contributed by atoms with Crippen molar-refractivity contribution in [2.75, 3.05) is 5.32 Å². The number of hydrogen-bond donors (Lipinski definition) is 1. The van der Waals surface area contributed by atoms with Crippen LogP contribution in [-0.2, 0) is 0 Å². The summed E-state index contributed by atoms with van der Waals surface area (Å²) in [6.07, 6.45) is 6.40. The summed E-state index contributed by atoms with van der Waals surface area (Å²) >= 11 is 0. The average molecular weight is 149 g/mol. The van der Waals surface area contributed by atoms with Crippen LogP contribution in [0.4, 0.5) is 5.82 Å². The molecule has 2 rings (SSSR count). The standard InChI is InChI=1S/C8H11N3/c1-6-4-7(6)11-8-5-9-2-3-10-8/h2-3,5-7H,4H2,1H3,(H,10,11)/t6-,7-/m1/s1. The molecule has 0 aliphatic heterocycles. The van der Waals surface area contributed by atoms with E-state index in [-0.39, 0.29) is 0 Å². The third-order valence-electron chi connectivity index (χ3n) is 2.01. The van der Waals surface area contributed by atoms with Crippen molar-refractivity contribution in [3.63, 3.8) is 0 Å². The monoisotopic (exact) mass is 149 g/mol. The number of rotatable bonds is 2. The van der Waals surface area contributed by atoms with Crippen LogP contribution >= 0.6 is 0 Å². The molecule has 3 heteroatoms. The second-order valence-corrected chi connectivity index (χ2v) is 3.05. The minimum absolute atomic E-state index is 0.631. The van der Waals surface area contributed by atoms with Gasteiger partial charge in [-0.25, -0.2) is 4.98 Å². The van der Waals surface area contributed by atoms with E-state index in [2.05, 4.69) is 22.2 Å². The number of aromatic nitrogens is 2. The zero-order chi connectivity index (χ0) is 7.68. The summed E-state index contributed by atoms with van der Waals surface area (Å²) in [6.45, 7) is 2.23. The molecule has 2 atom stereocenters. The Bertz CT molecular complexity index is 234. The van der Waals surface area contributed by atoms with Crippen LogP contribution in [0, 0.1) is 5.92 Å². The normalized spacial score (nSPS) is 28.1. The topological polar surface area (TPSA) is 37.8 Å². The first-order valence-electron chi connectivity index (χ1n) is 3.89. The average Bonchev–Trinajstić information content (AvgIpc) is 2.69. The highest BCUT2D eigenvalue weighted by Gasteiger charge is 2.32. The molecule has 3 nitrogen and oxygen atoms in total. The molecule has 0 amide bonds. The van der Waals surface area contributed by atoms with Crippen molar-refractivity contribution in [2.24, 2.45) is 5.92 Å². The highest BCUT2D eigenvalue weighted by Crippen LogP contribution is 2.31.